The van der Waals surface area contributed by atoms with Crippen LogP contribution < -0.4 is 10.6 Å². The molecule has 2 aromatic carbocycles. The molecule has 2 N–H and O–H groups in total. The summed E-state index contributed by atoms with van der Waals surface area (Å²) in [7, 11) is 0. The molecule has 6 nitrogen and oxygen atoms in total. The second-order valence-corrected chi connectivity index (χ2v) is 6.65. The van der Waals surface area contributed by atoms with Gasteiger partial charge in [0.25, 0.3) is 5.91 Å². The average molecular weight is 360 g/mol. The molecule has 4 rings (SSSR count). The number of rotatable bonds is 6. The van der Waals surface area contributed by atoms with Crippen LogP contribution in [0.2, 0.25) is 0 Å². The minimum Gasteiger partial charge on any atom is -0.348 e. The first kappa shape index (κ1) is 17.0. The highest BCUT2D eigenvalue weighted by Crippen LogP contribution is 2.30. The van der Waals surface area contributed by atoms with Gasteiger partial charge in [-0.1, -0.05) is 18.2 Å². The monoisotopic (exact) mass is 360 g/mol. The van der Waals surface area contributed by atoms with E-state index in [1.807, 2.05) is 36.5 Å². The molecule has 2 amide bonds. The number of hydrogen-bond acceptors (Lipinski definition) is 3. The van der Waals surface area contributed by atoms with Crippen LogP contribution in [-0.4, -0.2) is 21.6 Å². The van der Waals surface area contributed by atoms with Crippen LogP contribution in [0.25, 0.3) is 5.69 Å². The fraction of sp³-hybridized carbons (Fsp3) is 0.190. The van der Waals surface area contributed by atoms with Crippen LogP contribution in [0, 0.1) is 5.92 Å². The standard InChI is InChI=1S/C21H20N4O2/c26-20(16-8-10-18(11-9-16)24-21(27)17-6-7-17)22-12-15-13-23-25(14-15)19-4-2-1-3-5-19/h1-5,8-11,13-14,17H,6-7,12H2,(H,22,26)(H,24,27). The van der Waals surface area contributed by atoms with Crippen molar-refractivity contribution in [1.29, 1.82) is 0 Å². The first-order valence-corrected chi connectivity index (χ1v) is 8.97. The van der Waals surface area contributed by atoms with E-state index < -0.39 is 0 Å². The van der Waals surface area contributed by atoms with Gasteiger partial charge in [-0.05, 0) is 49.2 Å². The van der Waals surface area contributed by atoms with Crippen molar-refractivity contribution in [3.8, 4) is 5.69 Å². The molecule has 0 unspecified atom stereocenters. The van der Waals surface area contributed by atoms with E-state index in [2.05, 4.69) is 15.7 Å². The first-order valence-electron chi connectivity index (χ1n) is 8.97. The van der Waals surface area contributed by atoms with Crippen LogP contribution in [0.3, 0.4) is 0 Å². The number of nitrogens with one attached hydrogen (secondary N) is 2. The second kappa shape index (κ2) is 7.45. The summed E-state index contributed by atoms with van der Waals surface area (Å²) in [5.74, 6) is 0.0509. The highest BCUT2D eigenvalue weighted by molar-refractivity contribution is 5.96. The minimum absolute atomic E-state index is 0.0580. The largest absolute Gasteiger partial charge is 0.348 e. The van der Waals surface area contributed by atoms with Gasteiger partial charge >= 0.3 is 0 Å². The van der Waals surface area contributed by atoms with Crippen molar-refractivity contribution in [2.75, 3.05) is 5.32 Å². The number of carbonyl (C=O) groups excluding carboxylic acids is 2. The summed E-state index contributed by atoms with van der Waals surface area (Å²) in [4.78, 5) is 24.1. The maximum absolute atomic E-state index is 12.3. The zero-order valence-electron chi connectivity index (χ0n) is 14.8. The predicted octanol–water partition coefficient (Wildman–Crippen LogP) is 3.15. The Morgan fingerprint density at radius 2 is 1.78 bits per heavy atom. The van der Waals surface area contributed by atoms with Crippen LogP contribution in [0.15, 0.2) is 67.0 Å². The summed E-state index contributed by atoms with van der Waals surface area (Å²) in [5.41, 5.74) is 3.15. The van der Waals surface area contributed by atoms with E-state index in [4.69, 9.17) is 0 Å². The van der Waals surface area contributed by atoms with E-state index in [1.165, 1.54) is 0 Å². The molecule has 0 aliphatic heterocycles. The fourth-order valence-corrected chi connectivity index (χ4v) is 2.75. The average Bonchev–Trinajstić information content (AvgIpc) is 3.46. The third kappa shape index (κ3) is 4.23. The van der Waals surface area contributed by atoms with Crippen molar-refractivity contribution in [3.05, 3.63) is 78.1 Å². The van der Waals surface area contributed by atoms with Gasteiger partial charge in [0.15, 0.2) is 0 Å². The zero-order chi connectivity index (χ0) is 18.6. The normalized spacial score (nSPS) is 13.2. The molecule has 1 saturated carbocycles. The molecule has 0 radical (unpaired) electrons. The molecule has 0 bridgehead atoms. The highest BCUT2D eigenvalue weighted by atomic mass is 16.2. The van der Waals surface area contributed by atoms with Crippen molar-refractivity contribution in [3.63, 3.8) is 0 Å². The Balaban J connectivity index is 1.32. The number of benzene rings is 2. The second-order valence-electron chi connectivity index (χ2n) is 6.65. The van der Waals surface area contributed by atoms with Crippen LogP contribution in [0.1, 0.15) is 28.8 Å². The van der Waals surface area contributed by atoms with Crippen LogP contribution in [-0.2, 0) is 11.3 Å². The highest BCUT2D eigenvalue weighted by Gasteiger charge is 2.29. The van der Waals surface area contributed by atoms with Crippen LogP contribution in [0.4, 0.5) is 5.69 Å². The molecular formula is C21H20N4O2. The molecule has 1 aliphatic rings. The van der Waals surface area contributed by atoms with Gasteiger partial charge < -0.3 is 10.6 Å². The van der Waals surface area contributed by atoms with Gasteiger partial charge in [0.05, 0.1) is 11.9 Å². The van der Waals surface area contributed by atoms with E-state index in [-0.39, 0.29) is 17.7 Å². The van der Waals surface area contributed by atoms with Gasteiger partial charge in [0.1, 0.15) is 0 Å². The van der Waals surface area contributed by atoms with E-state index >= 15 is 0 Å². The lowest BCUT2D eigenvalue weighted by molar-refractivity contribution is -0.117. The Morgan fingerprint density at radius 1 is 1.04 bits per heavy atom. The number of para-hydroxylation sites is 1. The van der Waals surface area contributed by atoms with Crippen LogP contribution >= 0.6 is 0 Å². The van der Waals surface area contributed by atoms with Crippen molar-refractivity contribution in [2.45, 2.75) is 19.4 Å². The lowest BCUT2D eigenvalue weighted by Gasteiger charge is -2.07. The maximum Gasteiger partial charge on any atom is 0.251 e. The van der Waals surface area contributed by atoms with Gasteiger partial charge in [-0.15, -0.1) is 0 Å². The Kier molecular flexibility index (Phi) is 4.70. The number of carbonyl (C=O) groups is 2. The molecule has 0 spiro atoms. The number of anilines is 1. The van der Waals surface area contributed by atoms with E-state index in [0.29, 0.717) is 17.8 Å². The molecule has 1 aromatic heterocycles. The molecule has 6 heteroatoms. The molecule has 3 aromatic rings. The van der Waals surface area contributed by atoms with Gasteiger partial charge in [0, 0.05) is 35.5 Å². The lowest BCUT2D eigenvalue weighted by atomic mass is 10.2. The predicted molar refractivity (Wildman–Crippen MR) is 103 cm³/mol. The summed E-state index contributed by atoms with van der Waals surface area (Å²) >= 11 is 0. The fourth-order valence-electron chi connectivity index (χ4n) is 2.75. The third-order valence-corrected chi connectivity index (χ3v) is 4.47. The zero-order valence-corrected chi connectivity index (χ0v) is 14.8. The molecule has 136 valence electrons. The molecule has 0 atom stereocenters. The maximum atomic E-state index is 12.3. The molecule has 27 heavy (non-hydrogen) atoms. The molecule has 1 heterocycles. The SMILES string of the molecule is O=C(NCc1cnn(-c2ccccc2)c1)c1ccc(NC(=O)C2CC2)cc1. The quantitative estimate of drug-likeness (QED) is 0.709. The summed E-state index contributed by atoms with van der Waals surface area (Å²) in [6.45, 7) is 0.395. The number of aromatic nitrogens is 2. The number of nitrogens with zero attached hydrogens (tertiary/aromatic N) is 2. The van der Waals surface area contributed by atoms with Gasteiger partial charge in [-0.2, -0.15) is 5.10 Å². The van der Waals surface area contributed by atoms with E-state index in [0.717, 1.165) is 24.1 Å². The minimum atomic E-state index is -0.164. The van der Waals surface area contributed by atoms with Gasteiger partial charge in [0.2, 0.25) is 5.91 Å². The molecule has 1 fully saturated rings. The topological polar surface area (TPSA) is 76.0 Å². The van der Waals surface area contributed by atoms with E-state index in [9.17, 15) is 9.59 Å². The van der Waals surface area contributed by atoms with E-state index in [1.54, 1.807) is 35.1 Å². The van der Waals surface area contributed by atoms with Crippen molar-refractivity contribution in [1.82, 2.24) is 15.1 Å². The van der Waals surface area contributed by atoms with Gasteiger partial charge in [-0.25, -0.2) is 4.68 Å². The Morgan fingerprint density at radius 3 is 2.48 bits per heavy atom. The Hall–Kier alpha value is -3.41. The summed E-state index contributed by atoms with van der Waals surface area (Å²) in [6.07, 6.45) is 5.57. The van der Waals surface area contributed by atoms with Crippen molar-refractivity contribution in [2.24, 2.45) is 5.92 Å². The summed E-state index contributed by atoms with van der Waals surface area (Å²) in [6, 6.07) is 16.7. The molecule has 0 saturated heterocycles. The number of hydrogen-bond donors (Lipinski definition) is 2. The Labute approximate surface area is 157 Å². The smallest absolute Gasteiger partial charge is 0.251 e. The van der Waals surface area contributed by atoms with Crippen molar-refractivity contribution >= 4 is 17.5 Å². The first-order chi connectivity index (χ1) is 13.2. The molecule has 1 aliphatic carbocycles. The van der Waals surface area contributed by atoms with Crippen LogP contribution in [0.5, 0.6) is 0 Å². The summed E-state index contributed by atoms with van der Waals surface area (Å²) < 4.78 is 1.78. The van der Waals surface area contributed by atoms with Gasteiger partial charge in [-0.3, -0.25) is 9.59 Å². The lowest BCUT2D eigenvalue weighted by Crippen LogP contribution is -2.22. The summed E-state index contributed by atoms with van der Waals surface area (Å²) in [5, 5.41) is 10.1. The molecular weight excluding hydrogens is 340 g/mol. The van der Waals surface area contributed by atoms with Crippen molar-refractivity contribution < 1.29 is 9.59 Å². The third-order valence-electron chi connectivity index (χ3n) is 4.47. The number of amides is 2. The Bertz CT molecular complexity index is 944.